The molecule has 0 saturated heterocycles. The van der Waals surface area contributed by atoms with Crippen molar-refractivity contribution < 1.29 is 9.84 Å². The van der Waals surface area contributed by atoms with E-state index >= 15 is 0 Å². The number of nitrogens with zero attached hydrogens (tertiary/aromatic N) is 3. The Morgan fingerprint density at radius 3 is 2.71 bits per heavy atom. The zero-order valence-corrected chi connectivity index (χ0v) is 12.9. The summed E-state index contributed by atoms with van der Waals surface area (Å²) in [5.74, 6) is 0.462. The van der Waals surface area contributed by atoms with Gasteiger partial charge in [-0.05, 0) is 31.0 Å². The van der Waals surface area contributed by atoms with Crippen molar-refractivity contribution in [1.82, 2.24) is 14.8 Å². The second-order valence-corrected chi connectivity index (χ2v) is 5.08. The number of aliphatic hydroxyl groups is 1. The van der Waals surface area contributed by atoms with Crippen LogP contribution in [0.4, 0.5) is 0 Å². The number of hydrogen-bond donors (Lipinski definition) is 1. The lowest BCUT2D eigenvalue weighted by molar-refractivity contribution is 0.171. The van der Waals surface area contributed by atoms with Crippen molar-refractivity contribution in [3.05, 3.63) is 41.9 Å². The molecule has 0 aliphatic carbocycles. The van der Waals surface area contributed by atoms with Gasteiger partial charge in [0.15, 0.2) is 0 Å². The van der Waals surface area contributed by atoms with Gasteiger partial charge in [0.05, 0.1) is 24.9 Å². The molecule has 1 unspecified atom stereocenters. The summed E-state index contributed by atoms with van der Waals surface area (Å²) in [7, 11) is 1.56. The average Bonchev–Trinajstić information content (AvgIpc) is 2.96. The Labute approximate surface area is 125 Å². The van der Waals surface area contributed by atoms with Gasteiger partial charge in [0.25, 0.3) is 0 Å². The molecule has 2 heterocycles. The van der Waals surface area contributed by atoms with Crippen molar-refractivity contribution >= 4 is 0 Å². The minimum atomic E-state index is -0.668. The van der Waals surface area contributed by atoms with Gasteiger partial charge in [-0.3, -0.25) is 4.68 Å². The Balaban J connectivity index is 2.11. The Hall–Kier alpha value is -1.88. The molecule has 2 aromatic rings. The SMILES string of the molecule is CCC(CC)n1ccc(CC(O)c2cccnc2OC)n1. The van der Waals surface area contributed by atoms with Crippen LogP contribution >= 0.6 is 0 Å². The predicted octanol–water partition coefficient (Wildman–Crippen LogP) is 2.92. The van der Waals surface area contributed by atoms with Crippen LogP contribution in [0.5, 0.6) is 5.88 Å². The molecule has 0 saturated carbocycles. The Morgan fingerprint density at radius 2 is 2.05 bits per heavy atom. The van der Waals surface area contributed by atoms with Crippen LogP contribution < -0.4 is 4.74 Å². The van der Waals surface area contributed by atoms with Gasteiger partial charge in [-0.25, -0.2) is 4.98 Å². The smallest absolute Gasteiger partial charge is 0.218 e. The van der Waals surface area contributed by atoms with Crippen LogP contribution in [0, 0.1) is 0 Å². The Bertz CT molecular complexity index is 564. The Kier molecular flexibility index (Phi) is 5.33. The number of rotatable bonds is 7. The summed E-state index contributed by atoms with van der Waals surface area (Å²) in [4.78, 5) is 4.11. The maximum Gasteiger partial charge on any atom is 0.218 e. The zero-order chi connectivity index (χ0) is 15.2. The lowest BCUT2D eigenvalue weighted by Crippen LogP contribution is -2.09. The van der Waals surface area contributed by atoms with Gasteiger partial charge in [0.2, 0.25) is 5.88 Å². The van der Waals surface area contributed by atoms with Crippen LogP contribution in [-0.4, -0.2) is 27.0 Å². The molecule has 5 heteroatoms. The summed E-state index contributed by atoms with van der Waals surface area (Å²) in [6.07, 6.45) is 5.53. The summed E-state index contributed by atoms with van der Waals surface area (Å²) in [5, 5.41) is 14.9. The van der Waals surface area contributed by atoms with Crippen molar-refractivity contribution in [1.29, 1.82) is 0 Å². The normalized spacial score (nSPS) is 12.6. The third-order valence-corrected chi connectivity index (χ3v) is 3.74. The van der Waals surface area contributed by atoms with Crippen molar-refractivity contribution in [2.75, 3.05) is 7.11 Å². The molecule has 0 amide bonds. The highest BCUT2D eigenvalue weighted by molar-refractivity contribution is 5.28. The van der Waals surface area contributed by atoms with E-state index in [0.29, 0.717) is 23.9 Å². The molecule has 0 spiro atoms. The first kappa shape index (κ1) is 15.5. The lowest BCUT2D eigenvalue weighted by atomic mass is 10.1. The summed E-state index contributed by atoms with van der Waals surface area (Å²) in [6, 6.07) is 6.01. The maximum absolute atomic E-state index is 10.4. The second-order valence-electron chi connectivity index (χ2n) is 5.08. The number of methoxy groups -OCH3 is 1. The van der Waals surface area contributed by atoms with Crippen molar-refractivity contribution in [3.8, 4) is 5.88 Å². The molecule has 21 heavy (non-hydrogen) atoms. The van der Waals surface area contributed by atoms with E-state index in [0.717, 1.165) is 18.5 Å². The molecule has 5 nitrogen and oxygen atoms in total. The molecule has 2 aromatic heterocycles. The Morgan fingerprint density at radius 1 is 1.29 bits per heavy atom. The molecule has 0 aliphatic rings. The first-order valence-electron chi connectivity index (χ1n) is 7.40. The largest absolute Gasteiger partial charge is 0.481 e. The number of hydrogen-bond acceptors (Lipinski definition) is 4. The molecule has 0 aromatic carbocycles. The van der Waals surface area contributed by atoms with Crippen LogP contribution in [0.2, 0.25) is 0 Å². The minimum absolute atomic E-state index is 0.420. The fourth-order valence-electron chi connectivity index (χ4n) is 2.49. The van der Waals surface area contributed by atoms with Crippen molar-refractivity contribution in [2.45, 2.75) is 45.3 Å². The molecular formula is C16H23N3O2. The highest BCUT2D eigenvalue weighted by Gasteiger charge is 2.16. The van der Waals surface area contributed by atoms with Crippen LogP contribution in [-0.2, 0) is 6.42 Å². The van der Waals surface area contributed by atoms with Gasteiger partial charge >= 0.3 is 0 Å². The second kappa shape index (κ2) is 7.22. The molecule has 0 aliphatic heterocycles. The lowest BCUT2D eigenvalue weighted by Gasteiger charge is -2.14. The van der Waals surface area contributed by atoms with Crippen LogP contribution in [0.1, 0.15) is 50.1 Å². The molecule has 1 N–H and O–H groups in total. The maximum atomic E-state index is 10.4. The van der Waals surface area contributed by atoms with E-state index in [2.05, 4.69) is 23.9 Å². The van der Waals surface area contributed by atoms with Gasteiger partial charge in [0, 0.05) is 24.4 Å². The molecule has 0 radical (unpaired) electrons. The third-order valence-electron chi connectivity index (χ3n) is 3.74. The average molecular weight is 289 g/mol. The van der Waals surface area contributed by atoms with E-state index in [4.69, 9.17) is 4.74 Å². The van der Waals surface area contributed by atoms with Gasteiger partial charge < -0.3 is 9.84 Å². The predicted molar refractivity (Wildman–Crippen MR) is 81.3 cm³/mol. The fraction of sp³-hybridized carbons (Fsp3) is 0.500. The van der Waals surface area contributed by atoms with E-state index in [1.165, 1.54) is 0 Å². The topological polar surface area (TPSA) is 60.2 Å². The highest BCUT2D eigenvalue weighted by Crippen LogP contribution is 2.25. The van der Waals surface area contributed by atoms with E-state index < -0.39 is 6.10 Å². The number of aliphatic hydroxyl groups excluding tert-OH is 1. The number of pyridine rings is 1. The van der Waals surface area contributed by atoms with E-state index in [9.17, 15) is 5.11 Å². The molecule has 0 fully saturated rings. The summed E-state index contributed by atoms with van der Waals surface area (Å²) in [5.41, 5.74) is 1.57. The summed E-state index contributed by atoms with van der Waals surface area (Å²) >= 11 is 0. The van der Waals surface area contributed by atoms with Gasteiger partial charge in [0.1, 0.15) is 0 Å². The van der Waals surface area contributed by atoms with Crippen LogP contribution in [0.25, 0.3) is 0 Å². The number of aromatic nitrogens is 3. The van der Waals surface area contributed by atoms with Crippen molar-refractivity contribution in [3.63, 3.8) is 0 Å². The standard InChI is InChI=1S/C16H23N3O2/c1-4-13(5-2)19-10-8-12(18-19)11-15(20)14-7-6-9-17-16(14)21-3/h6-10,13,15,20H,4-5,11H2,1-3H3. The van der Waals surface area contributed by atoms with E-state index in [-0.39, 0.29) is 0 Å². The molecule has 0 bridgehead atoms. The molecule has 2 rings (SSSR count). The van der Waals surface area contributed by atoms with Gasteiger partial charge in [-0.15, -0.1) is 0 Å². The molecule has 1 atom stereocenters. The quantitative estimate of drug-likeness (QED) is 0.851. The van der Waals surface area contributed by atoms with Crippen LogP contribution in [0.3, 0.4) is 0 Å². The van der Waals surface area contributed by atoms with Crippen LogP contribution in [0.15, 0.2) is 30.6 Å². The van der Waals surface area contributed by atoms with E-state index in [1.807, 2.05) is 23.0 Å². The molecular weight excluding hydrogens is 266 g/mol. The monoisotopic (exact) mass is 289 g/mol. The first-order chi connectivity index (χ1) is 10.2. The minimum Gasteiger partial charge on any atom is -0.481 e. The zero-order valence-electron chi connectivity index (χ0n) is 12.9. The third kappa shape index (κ3) is 3.61. The summed E-state index contributed by atoms with van der Waals surface area (Å²) in [6.45, 7) is 4.32. The number of ether oxygens (including phenoxy) is 1. The fourth-order valence-corrected chi connectivity index (χ4v) is 2.49. The van der Waals surface area contributed by atoms with E-state index in [1.54, 1.807) is 19.4 Å². The van der Waals surface area contributed by atoms with Crippen molar-refractivity contribution in [2.24, 2.45) is 0 Å². The van der Waals surface area contributed by atoms with Gasteiger partial charge in [-0.2, -0.15) is 5.10 Å². The van der Waals surface area contributed by atoms with Gasteiger partial charge in [-0.1, -0.05) is 13.8 Å². The highest BCUT2D eigenvalue weighted by atomic mass is 16.5. The first-order valence-corrected chi connectivity index (χ1v) is 7.40. The molecule has 114 valence electrons. The summed E-state index contributed by atoms with van der Waals surface area (Å²) < 4.78 is 7.17.